The molecule has 1 atom stereocenters. The van der Waals surface area contributed by atoms with Crippen molar-refractivity contribution in [2.75, 3.05) is 0 Å². The second-order valence-corrected chi connectivity index (χ2v) is 4.25. The highest BCUT2D eigenvalue weighted by molar-refractivity contribution is 5.91. The Morgan fingerprint density at radius 1 is 1.22 bits per heavy atom. The van der Waals surface area contributed by atoms with Crippen LogP contribution in [0.25, 0.3) is 0 Å². The van der Waals surface area contributed by atoms with Crippen LogP contribution in [0.15, 0.2) is 53.1 Å². The number of furan rings is 1. The molecule has 94 valence electrons. The van der Waals surface area contributed by atoms with Gasteiger partial charge in [0.05, 0.1) is 6.26 Å². The number of amides is 1. The lowest BCUT2D eigenvalue weighted by Gasteiger charge is -2.16. The third-order valence-electron chi connectivity index (χ3n) is 2.90. The maximum atomic E-state index is 11.9. The lowest BCUT2D eigenvalue weighted by molar-refractivity contribution is 0.0907. The summed E-state index contributed by atoms with van der Waals surface area (Å²) in [7, 11) is 0. The SMILES string of the molecule is CC[C@@H](Cc1ccccc1)NC(=O)c1ccco1. The normalized spacial score (nSPS) is 12.1. The van der Waals surface area contributed by atoms with Gasteiger partial charge >= 0.3 is 0 Å². The van der Waals surface area contributed by atoms with Crippen molar-refractivity contribution >= 4 is 5.91 Å². The van der Waals surface area contributed by atoms with Crippen molar-refractivity contribution < 1.29 is 9.21 Å². The van der Waals surface area contributed by atoms with Gasteiger partial charge in [0, 0.05) is 6.04 Å². The molecule has 0 radical (unpaired) electrons. The van der Waals surface area contributed by atoms with Gasteiger partial charge in [-0.3, -0.25) is 4.79 Å². The minimum atomic E-state index is -0.150. The Bertz CT molecular complexity index is 476. The van der Waals surface area contributed by atoms with E-state index in [1.54, 1.807) is 12.1 Å². The maximum Gasteiger partial charge on any atom is 0.287 e. The topological polar surface area (TPSA) is 42.2 Å². The predicted octanol–water partition coefficient (Wildman–Crippen LogP) is 3.03. The molecule has 1 aromatic carbocycles. The largest absolute Gasteiger partial charge is 0.459 e. The van der Waals surface area contributed by atoms with Crippen molar-refractivity contribution in [3.63, 3.8) is 0 Å². The van der Waals surface area contributed by atoms with Crippen LogP contribution in [0.2, 0.25) is 0 Å². The van der Waals surface area contributed by atoms with Gasteiger partial charge in [0.1, 0.15) is 0 Å². The molecule has 1 amide bonds. The van der Waals surface area contributed by atoms with E-state index in [1.165, 1.54) is 11.8 Å². The Labute approximate surface area is 107 Å². The van der Waals surface area contributed by atoms with Crippen molar-refractivity contribution in [1.29, 1.82) is 0 Å². The molecule has 0 saturated carbocycles. The highest BCUT2D eigenvalue weighted by Gasteiger charge is 2.14. The summed E-state index contributed by atoms with van der Waals surface area (Å²) in [6.45, 7) is 2.07. The van der Waals surface area contributed by atoms with E-state index in [0.29, 0.717) is 5.76 Å². The average molecular weight is 243 g/mol. The molecule has 0 unspecified atom stereocenters. The first kappa shape index (κ1) is 12.4. The zero-order chi connectivity index (χ0) is 12.8. The Kier molecular flexibility index (Phi) is 4.18. The van der Waals surface area contributed by atoms with E-state index < -0.39 is 0 Å². The molecular formula is C15H17NO2. The molecule has 2 aromatic rings. The molecule has 0 saturated heterocycles. The summed E-state index contributed by atoms with van der Waals surface area (Å²) in [5, 5.41) is 2.98. The van der Waals surface area contributed by atoms with Crippen molar-refractivity contribution in [2.45, 2.75) is 25.8 Å². The highest BCUT2D eigenvalue weighted by Crippen LogP contribution is 2.07. The Morgan fingerprint density at radius 2 is 2.00 bits per heavy atom. The van der Waals surface area contributed by atoms with Gasteiger partial charge in [-0.05, 0) is 30.5 Å². The number of nitrogens with one attached hydrogen (secondary N) is 1. The predicted molar refractivity (Wildman–Crippen MR) is 70.4 cm³/mol. The summed E-state index contributed by atoms with van der Waals surface area (Å²) in [5.74, 6) is 0.212. The fourth-order valence-corrected chi connectivity index (χ4v) is 1.86. The molecule has 0 fully saturated rings. The molecule has 3 heteroatoms. The van der Waals surface area contributed by atoms with Gasteiger partial charge in [0.15, 0.2) is 5.76 Å². The molecule has 0 aliphatic carbocycles. The van der Waals surface area contributed by atoms with Crippen LogP contribution in [0, 0.1) is 0 Å². The fraction of sp³-hybridized carbons (Fsp3) is 0.267. The lowest BCUT2D eigenvalue weighted by Crippen LogP contribution is -2.35. The van der Waals surface area contributed by atoms with Crippen molar-refractivity contribution in [2.24, 2.45) is 0 Å². The van der Waals surface area contributed by atoms with Crippen LogP contribution in [0.3, 0.4) is 0 Å². The summed E-state index contributed by atoms with van der Waals surface area (Å²) in [5.41, 5.74) is 1.23. The molecule has 18 heavy (non-hydrogen) atoms. The third kappa shape index (κ3) is 3.23. The molecule has 1 aromatic heterocycles. The molecule has 0 spiro atoms. The molecule has 3 nitrogen and oxygen atoms in total. The smallest absolute Gasteiger partial charge is 0.287 e. The second kappa shape index (κ2) is 6.05. The Hall–Kier alpha value is -2.03. The summed E-state index contributed by atoms with van der Waals surface area (Å²) in [4.78, 5) is 11.9. The van der Waals surface area contributed by atoms with Gasteiger partial charge in [-0.2, -0.15) is 0 Å². The quantitative estimate of drug-likeness (QED) is 0.877. The lowest BCUT2D eigenvalue weighted by atomic mass is 10.0. The van der Waals surface area contributed by atoms with Gasteiger partial charge in [0.25, 0.3) is 5.91 Å². The van der Waals surface area contributed by atoms with Gasteiger partial charge in [0.2, 0.25) is 0 Å². The van der Waals surface area contributed by atoms with Crippen molar-refractivity contribution in [1.82, 2.24) is 5.32 Å². The summed E-state index contributed by atoms with van der Waals surface area (Å²) < 4.78 is 5.08. The average Bonchev–Trinajstić information content (AvgIpc) is 2.93. The van der Waals surface area contributed by atoms with E-state index in [-0.39, 0.29) is 11.9 Å². The number of carbonyl (C=O) groups excluding carboxylic acids is 1. The van der Waals surface area contributed by atoms with E-state index in [0.717, 1.165) is 12.8 Å². The number of hydrogen-bond donors (Lipinski definition) is 1. The first-order valence-corrected chi connectivity index (χ1v) is 6.18. The third-order valence-corrected chi connectivity index (χ3v) is 2.90. The molecule has 1 heterocycles. The van der Waals surface area contributed by atoms with Crippen LogP contribution in [0.4, 0.5) is 0 Å². The minimum absolute atomic E-state index is 0.130. The summed E-state index contributed by atoms with van der Waals surface area (Å²) in [6, 6.07) is 13.7. The highest BCUT2D eigenvalue weighted by atomic mass is 16.3. The van der Waals surface area contributed by atoms with Crippen LogP contribution in [0.1, 0.15) is 29.5 Å². The molecule has 0 aliphatic heterocycles. The molecule has 1 N–H and O–H groups in total. The molecular weight excluding hydrogens is 226 g/mol. The van der Waals surface area contributed by atoms with Crippen LogP contribution >= 0.6 is 0 Å². The van der Waals surface area contributed by atoms with Crippen LogP contribution in [-0.2, 0) is 6.42 Å². The van der Waals surface area contributed by atoms with Gasteiger partial charge in [-0.15, -0.1) is 0 Å². The standard InChI is InChI=1S/C15H17NO2/c1-2-13(11-12-7-4-3-5-8-12)16-15(17)14-9-6-10-18-14/h3-10,13H,2,11H2,1H3,(H,16,17)/t13-/m0/s1. The minimum Gasteiger partial charge on any atom is -0.459 e. The number of hydrogen-bond acceptors (Lipinski definition) is 2. The van der Waals surface area contributed by atoms with E-state index in [2.05, 4.69) is 24.4 Å². The van der Waals surface area contributed by atoms with Crippen LogP contribution < -0.4 is 5.32 Å². The second-order valence-electron chi connectivity index (χ2n) is 4.25. The fourth-order valence-electron chi connectivity index (χ4n) is 1.86. The van der Waals surface area contributed by atoms with Crippen molar-refractivity contribution in [3.8, 4) is 0 Å². The molecule has 0 bridgehead atoms. The Balaban J connectivity index is 1.96. The zero-order valence-electron chi connectivity index (χ0n) is 10.4. The van der Waals surface area contributed by atoms with Crippen LogP contribution in [0.5, 0.6) is 0 Å². The van der Waals surface area contributed by atoms with Crippen LogP contribution in [-0.4, -0.2) is 11.9 Å². The summed E-state index contributed by atoms with van der Waals surface area (Å²) >= 11 is 0. The van der Waals surface area contributed by atoms with Gasteiger partial charge in [-0.1, -0.05) is 37.3 Å². The molecule has 0 aliphatic rings. The number of carbonyl (C=O) groups is 1. The van der Waals surface area contributed by atoms with E-state index in [1.807, 2.05) is 18.2 Å². The van der Waals surface area contributed by atoms with Crippen molar-refractivity contribution in [3.05, 3.63) is 60.1 Å². The first-order chi connectivity index (χ1) is 8.79. The maximum absolute atomic E-state index is 11.9. The molecule has 2 rings (SSSR count). The van der Waals surface area contributed by atoms with E-state index in [9.17, 15) is 4.79 Å². The monoisotopic (exact) mass is 243 g/mol. The number of benzene rings is 1. The van der Waals surface area contributed by atoms with E-state index >= 15 is 0 Å². The first-order valence-electron chi connectivity index (χ1n) is 6.18. The van der Waals surface area contributed by atoms with Gasteiger partial charge < -0.3 is 9.73 Å². The number of rotatable bonds is 5. The Morgan fingerprint density at radius 3 is 2.61 bits per heavy atom. The summed E-state index contributed by atoms with van der Waals surface area (Å²) in [6.07, 6.45) is 3.23. The van der Waals surface area contributed by atoms with E-state index in [4.69, 9.17) is 4.42 Å². The zero-order valence-corrected chi connectivity index (χ0v) is 10.4. The van der Waals surface area contributed by atoms with Gasteiger partial charge in [-0.25, -0.2) is 0 Å².